The Morgan fingerprint density at radius 1 is 0.958 bits per heavy atom. The molecule has 2 heterocycles. The molecular formula is C35H41ClF3N5O4. The van der Waals surface area contributed by atoms with Gasteiger partial charge < -0.3 is 33.5 Å². The van der Waals surface area contributed by atoms with Gasteiger partial charge in [-0.15, -0.1) is 0 Å². The predicted octanol–water partition coefficient (Wildman–Crippen LogP) is 6.74. The molecule has 0 spiro atoms. The predicted molar refractivity (Wildman–Crippen MR) is 181 cm³/mol. The first-order valence-corrected chi connectivity index (χ1v) is 16.2. The van der Waals surface area contributed by atoms with Crippen LogP contribution in [-0.4, -0.2) is 99.1 Å². The quantitative estimate of drug-likeness (QED) is 0.164. The van der Waals surface area contributed by atoms with Crippen molar-refractivity contribution in [1.29, 1.82) is 0 Å². The summed E-state index contributed by atoms with van der Waals surface area (Å²) in [6.07, 6.45) is -2.86. The summed E-state index contributed by atoms with van der Waals surface area (Å²) in [6, 6.07) is 17.9. The van der Waals surface area contributed by atoms with Gasteiger partial charge in [-0.1, -0.05) is 35.9 Å². The molecule has 1 aliphatic rings. The number of fused-ring (bicyclic) bond motifs is 1. The maximum absolute atomic E-state index is 13.7. The van der Waals surface area contributed by atoms with Crippen LogP contribution in [0.25, 0.3) is 11.0 Å². The second kappa shape index (κ2) is 15.4. The van der Waals surface area contributed by atoms with Crippen molar-refractivity contribution in [1.82, 2.24) is 19.4 Å². The van der Waals surface area contributed by atoms with Gasteiger partial charge in [0.15, 0.2) is 11.5 Å². The van der Waals surface area contributed by atoms with Gasteiger partial charge >= 0.3 is 6.18 Å². The van der Waals surface area contributed by atoms with E-state index in [0.717, 1.165) is 31.5 Å². The first kappa shape index (κ1) is 35.2. The van der Waals surface area contributed by atoms with Crippen LogP contribution in [0.15, 0.2) is 60.7 Å². The van der Waals surface area contributed by atoms with Crippen molar-refractivity contribution >= 4 is 34.5 Å². The zero-order valence-electron chi connectivity index (χ0n) is 27.6. The average Bonchev–Trinajstić information content (AvgIpc) is 3.25. The Balaban J connectivity index is 1.30. The summed E-state index contributed by atoms with van der Waals surface area (Å²) in [5.74, 6) is 1.31. The Bertz CT molecular complexity index is 1690. The lowest BCUT2D eigenvalue weighted by molar-refractivity contribution is -0.139. The van der Waals surface area contributed by atoms with Crippen molar-refractivity contribution in [3.8, 4) is 17.2 Å². The van der Waals surface area contributed by atoms with Crippen LogP contribution in [-0.2, 0) is 6.54 Å². The van der Waals surface area contributed by atoms with Crippen molar-refractivity contribution in [2.45, 2.75) is 31.5 Å². The molecule has 0 aliphatic carbocycles. The molecule has 48 heavy (non-hydrogen) atoms. The van der Waals surface area contributed by atoms with Gasteiger partial charge in [0.1, 0.15) is 6.54 Å². The average molecular weight is 688 g/mol. The minimum atomic E-state index is -4.37. The fourth-order valence-electron chi connectivity index (χ4n) is 6.33. The number of para-hydroxylation sites is 2. The zero-order valence-corrected chi connectivity index (χ0v) is 28.4. The summed E-state index contributed by atoms with van der Waals surface area (Å²) < 4.78 is 58.4. The molecule has 1 fully saturated rings. The number of aromatic nitrogens is 2. The van der Waals surface area contributed by atoms with E-state index in [1.807, 2.05) is 29.2 Å². The first-order chi connectivity index (χ1) is 23.0. The number of carbonyl (C=O) groups is 1. The molecule has 0 bridgehead atoms. The molecule has 1 aliphatic heterocycles. The van der Waals surface area contributed by atoms with E-state index in [9.17, 15) is 18.0 Å². The maximum Gasteiger partial charge on any atom is 0.406 e. The highest BCUT2D eigenvalue weighted by Gasteiger charge is 2.32. The van der Waals surface area contributed by atoms with Gasteiger partial charge in [-0.2, -0.15) is 13.2 Å². The van der Waals surface area contributed by atoms with Crippen molar-refractivity contribution in [2.75, 3.05) is 72.5 Å². The number of nitrogens with zero attached hydrogens (tertiary/aromatic N) is 5. The van der Waals surface area contributed by atoms with E-state index in [1.165, 1.54) is 25.9 Å². The third-order valence-electron chi connectivity index (χ3n) is 8.71. The van der Waals surface area contributed by atoms with E-state index in [0.29, 0.717) is 71.0 Å². The van der Waals surface area contributed by atoms with Gasteiger partial charge in [-0.3, -0.25) is 4.79 Å². The molecule has 0 N–H and O–H groups in total. The summed E-state index contributed by atoms with van der Waals surface area (Å²) in [5, 5.41) is 0.614. The van der Waals surface area contributed by atoms with Gasteiger partial charge in [-0.05, 0) is 67.9 Å². The van der Waals surface area contributed by atoms with E-state index in [1.54, 1.807) is 48.3 Å². The molecule has 1 amide bonds. The fourth-order valence-corrected chi connectivity index (χ4v) is 6.53. The highest BCUT2D eigenvalue weighted by atomic mass is 35.5. The van der Waals surface area contributed by atoms with Crippen LogP contribution in [0.4, 0.5) is 19.1 Å². The Morgan fingerprint density at radius 2 is 1.69 bits per heavy atom. The van der Waals surface area contributed by atoms with Crippen LogP contribution in [0.2, 0.25) is 5.02 Å². The van der Waals surface area contributed by atoms with E-state index in [2.05, 4.69) is 9.88 Å². The monoisotopic (exact) mass is 687 g/mol. The molecule has 13 heteroatoms. The minimum Gasteiger partial charge on any atom is -0.493 e. The van der Waals surface area contributed by atoms with E-state index in [-0.39, 0.29) is 11.8 Å². The first-order valence-electron chi connectivity index (χ1n) is 15.8. The van der Waals surface area contributed by atoms with E-state index < -0.39 is 12.7 Å². The van der Waals surface area contributed by atoms with Gasteiger partial charge in [-0.25, -0.2) is 4.98 Å². The van der Waals surface area contributed by atoms with Gasteiger partial charge in [0.25, 0.3) is 5.91 Å². The SMILES string of the molecule is COc1cc(C(=O)N(C)CC(CCN2CCCN(c3nc4ccccc4n3CC(F)(F)F)CC2)c2cccc(Cl)c2)cc(OC)c1OC. The fraction of sp³-hybridized carbons (Fsp3) is 0.429. The van der Waals surface area contributed by atoms with Crippen LogP contribution < -0.4 is 19.1 Å². The smallest absolute Gasteiger partial charge is 0.406 e. The Kier molecular flexibility index (Phi) is 11.3. The molecule has 1 aromatic heterocycles. The summed E-state index contributed by atoms with van der Waals surface area (Å²) in [6.45, 7) is 2.67. The molecule has 5 rings (SSSR count). The van der Waals surface area contributed by atoms with Gasteiger partial charge in [0.05, 0.1) is 32.4 Å². The number of hydrogen-bond donors (Lipinski definition) is 0. The molecule has 0 saturated carbocycles. The number of halogens is 4. The van der Waals surface area contributed by atoms with Crippen LogP contribution in [0.1, 0.15) is 34.7 Å². The second-order valence-electron chi connectivity index (χ2n) is 11.9. The molecule has 1 saturated heterocycles. The van der Waals surface area contributed by atoms with Crippen molar-refractivity contribution in [2.24, 2.45) is 0 Å². The normalized spacial score (nSPS) is 14.9. The zero-order chi connectivity index (χ0) is 34.4. The molecule has 4 aromatic rings. The Morgan fingerprint density at radius 3 is 2.35 bits per heavy atom. The van der Waals surface area contributed by atoms with Crippen molar-refractivity contribution in [3.63, 3.8) is 0 Å². The van der Waals surface area contributed by atoms with Gasteiger partial charge in [0.2, 0.25) is 11.7 Å². The third kappa shape index (κ3) is 8.27. The summed E-state index contributed by atoms with van der Waals surface area (Å²) in [4.78, 5) is 24.3. The summed E-state index contributed by atoms with van der Waals surface area (Å²) in [5.41, 5.74) is 2.44. The summed E-state index contributed by atoms with van der Waals surface area (Å²) >= 11 is 6.39. The standard InChI is InChI=1S/C35H41ClF3N5O4/c1-41(33(45)26-20-30(46-2)32(48-4)31(21-26)47-3)22-25(24-9-7-10-27(36)19-24)13-16-42-14-8-15-43(18-17-42)34-40-28-11-5-6-12-29(28)44(34)23-35(37,38)39/h5-7,9-12,19-21,25H,8,13-18,22-23H2,1-4H3. The van der Waals surface area contributed by atoms with E-state index in [4.69, 9.17) is 25.8 Å². The largest absolute Gasteiger partial charge is 0.493 e. The van der Waals surface area contributed by atoms with Crippen LogP contribution >= 0.6 is 11.6 Å². The second-order valence-corrected chi connectivity index (χ2v) is 12.4. The number of hydrogen-bond acceptors (Lipinski definition) is 7. The third-order valence-corrected chi connectivity index (χ3v) is 8.94. The number of rotatable bonds is 12. The molecule has 258 valence electrons. The van der Waals surface area contributed by atoms with Crippen molar-refractivity contribution < 1.29 is 32.2 Å². The number of anilines is 1. The number of ether oxygens (including phenoxy) is 3. The van der Waals surface area contributed by atoms with Crippen LogP contribution in [0.5, 0.6) is 17.2 Å². The molecule has 1 unspecified atom stereocenters. The van der Waals surface area contributed by atoms with Crippen molar-refractivity contribution in [3.05, 3.63) is 76.8 Å². The maximum atomic E-state index is 13.7. The van der Waals surface area contributed by atoms with E-state index >= 15 is 0 Å². The number of likely N-dealkylation sites (N-methyl/N-ethyl adjacent to an activating group) is 1. The number of imidazole rings is 1. The molecular weight excluding hydrogens is 647 g/mol. The Labute approximate surface area is 283 Å². The summed E-state index contributed by atoms with van der Waals surface area (Å²) in [7, 11) is 6.28. The highest BCUT2D eigenvalue weighted by Crippen LogP contribution is 2.38. The molecule has 0 radical (unpaired) electrons. The molecule has 9 nitrogen and oxygen atoms in total. The number of carbonyl (C=O) groups excluding carboxylic acids is 1. The number of amides is 1. The molecule has 3 aromatic carbocycles. The number of methoxy groups -OCH3 is 3. The lowest BCUT2D eigenvalue weighted by atomic mass is 9.94. The lowest BCUT2D eigenvalue weighted by Crippen LogP contribution is -2.35. The number of alkyl halides is 3. The molecule has 1 atom stereocenters. The van der Waals surface area contributed by atoms with Crippen LogP contribution in [0, 0.1) is 0 Å². The van der Waals surface area contributed by atoms with Crippen LogP contribution in [0.3, 0.4) is 0 Å². The van der Waals surface area contributed by atoms with Gasteiger partial charge in [0, 0.05) is 49.7 Å². The minimum absolute atomic E-state index is 0.0324. The number of benzene rings is 3. The highest BCUT2D eigenvalue weighted by molar-refractivity contribution is 6.30. The topological polar surface area (TPSA) is 72.3 Å². The lowest BCUT2D eigenvalue weighted by Gasteiger charge is -2.28. The Hall–Kier alpha value is -4.16.